The molecule has 0 spiro atoms. The first-order chi connectivity index (χ1) is 18.2. The summed E-state index contributed by atoms with van der Waals surface area (Å²) in [5.41, 5.74) is 0.509. The fourth-order valence-electron chi connectivity index (χ4n) is 4.55. The maximum absolute atomic E-state index is 13.1. The van der Waals surface area contributed by atoms with Crippen molar-refractivity contribution in [3.8, 4) is 0 Å². The van der Waals surface area contributed by atoms with Crippen LogP contribution in [0.3, 0.4) is 0 Å². The number of amides is 2. The highest BCUT2D eigenvalue weighted by molar-refractivity contribution is 7.99. The molecule has 208 valence electrons. The Morgan fingerprint density at radius 1 is 1.18 bits per heavy atom. The number of anilines is 1. The third-order valence-electron chi connectivity index (χ3n) is 6.72. The van der Waals surface area contributed by atoms with E-state index in [4.69, 9.17) is 23.2 Å². The fraction of sp³-hybridized carbons (Fsp3) is 0.556. The Bertz CT molecular complexity index is 1090. The lowest BCUT2D eigenvalue weighted by Gasteiger charge is -2.40. The number of carbonyl (C=O) groups is 2. The zero-order valence-electron chi connectivity index (χ0n) is 22.6. The second-order valence-corrected chi connectivity index (χ2v) is 11.3. The van der Waals surface area contributed by atoms with Crippen LogP contribution in [0.5, 0.6) is 0 Å². The molecule has 2 heterocycles. The van der Waals surface area contributed by atoms with Gasteiger partial charge in [-0.25, -0.2) is 9.97 Å². The lowest BCUT2D eigenvalue weighted by atomic mass is 10.1. The van der Waals surface area contributed by atoms with Gasteiger partial charge in [-0.1, -0.05) is 60.9 Å². The Balaban J connectivity index is 1.52. The van der Waals surface area contributed by atoms with Gasteiger partial charge in [-0.05, 0) is 58.5 Å². The van der Waals surface area contributed by atoms with Crippen LogP contribution in [0, 0.1) is 0 Å². The zero-order valence-corrected chi connectivity index (χ0v) is 25.0. The van der Waals surface area contributed by atoms with Crippen molar-refractivity contribution in [1.82, 2.24) is 25.1 Å². The maximum Gasteiger partial charge on any atom is 0.255 e. The summed E-state index contributed by atoms with van der Waals surface area (Å²) in [6.07, 6.45) is 1.99. The third kappa shape index (κ3) is 8.73. The summed E-state index contributed by atoms with van der Waals surface area (Å²) in [5, 5.41) is 4.30. The Kier molecular flexibility index (Phi) is 12.0. The number of halogens is 2. The molecule has 1 aliphatic rings. The van der Waals surface area contributed by atoms with Crippen molar-refractivity contribution < 1.29 is 9.59 Å². The molecule has 1 fully saturated rings. The van der Waals surface area contributed by atoms with Crippen molar-refractivity contribution in [1.29, 1.82) is 0 Å². The lowest BCUT2D eigenvalue weighted by molar-refractivity contribution is -0.119. The van der Waals surface area contributed by atoms with E-state index in [1.807, 2.05) is 30.9 Å². The summed E-state index contributed by atoms with van der Waals surface area (Å²) in [5.74, 6) is 0.787. The molecule has 1 aromatic heterocycles. The van der Waals surface area contributed by atoms with E-state index >= 15 is 0 Å². The average Bonchev–Trinajstić information content (AvgIpc) is 2.89. The molecule has 1 N–H and O–H groups in total. The van der Waals surface area contributed by atoms with E-state index in [0.717, 1.165) is 32.5 Å². The van der Waals surface area contributed by atoms with Gasteiger partial charge in [-0.15, -0.1) is 0 Å². The predicted octanol–water partition coefficient (Wildman–Crippen LogP) is 4.85. The number of thioether (sulfide) groups is 1. The SMILES string of the molecule is CCN(CC)CCCC(C)NC(=O)CSc1nc(Cl)cc(N2CCN(C(=O)c3ccccc3Cl)C(C)C2)n1. The van der Waals surface area contributed by atoms with Crippen molar-refractivity contribution in [3.63, 3.8) is 0 Å². The van der Waals surface area contributed by atoms with Crippen LogP contribution < -0.4 is 10.2 Å². The second-order valence-electron chi connectivity index (χ2n) is 9.53. The summed E-state index contributed by atoms with van der Waals surface area (Å²) in [6.45, 7) is 13.2. The highest BCUT2D eigenvalue weighted by Gasteiger charge is 2.30. The van der Waals surface area contributed by atoms with Crippen molar-refractivity contribution in [2.24, 2.45) is 0 Å². The lowest BCUT2D eigenvalue weighted by Crippen LogP contribution is -2.54. The number of hydrogen-bond donors (Lipinski definition) is 1. The van der Waals surface area contributed by atoms with E-state index in [-0.39, 0.29) is 29.7 Å². The van der Waals surface area contributed by atoms with Crippen molar-refractivity contribution >= 4 is 52.6 Å². The Hall–Kier alpha value is -2.07. The number of hydrogen-bond acceptors (Lipinski definition) is 7. The number of nitrogens with one attached hydrogen (secondary N) is 1. The largest absolute Gasteiger partial charge is 0.353 e. The first-order valence-electron chi connectivity index (χ1n) is 13.2. The van der Waals surface area contributed by atoms with Crippen molar-refractivity contribution in [2.45, 2.75) is 57.8 Å². The summed E-state index contributed by atoms with van der Waals surface area (Å²) in [6, 6.07) is 8.89. The predicted molar refractivity (Wildman–Crippen MR) is 157 cm³/mol. The molecule has 0 radical (unpaired) electrons. The summed E-state index contributed by atoms with van der Waals surface area (Å²) < 4.78 is 0. The van der Waals surface area contributed by atoms with E-state index in [2.05, 4.69) is 38.9 Å². The molecule has 2 unspecified atom stereocenters. The Morgan fingerprint density at radius 2 is 1.92 bits per heavy atom. The van der Waals surface area contributed by atoms with Gasteiger partial charge in [-0.3, -0.25) is 9.59 Å². The minimum absolute atomic E-state index is 0.0456. The number of aromatic nitrogens is 2. The van der Waals surface area contributed by atoms with Crippen molar-refractivity contribution in [3.05, 3.63) is 46.1 Å². The molecule has 38 heavy (non-hydrogen) atoms. The Morgan fingerprint density at radius 3 is 2.61 bits per heavy atom. The van der Waals surface area contributed by atoms with Crippen LogP contribution >= 0.6 is 35.0 Å². The molecular weight excluding hydrogens is 543 g/mol. The van der Waals surface area contributed by atoms with Crippen LogP contribution in [-0.4, -0.2) is 88.7 Å². The first-order valence-corrected chi connectivity index (χ1v) is 15.0. The van der Waals surface area contributed by atoms with Gasteiger partial charge < -0.3 is 20.0 Å². The number of benzene rings is 1. The molecule has 1 saturated heterocycles. The van der Waals surface area contributed by atoms with Gasteiger partial charge in [0.25, 0.3) is 5.91 Å². The van der Waals surface area contributed by atoms with Crippen LogP contribution in [0.2, 0.25) is 10.2 Å². The first kappa shape index (κ1) is 30.5. The number of nitrogens with zero attached hydrogens (tertiary/aromatic N) is 5. The van der Waals surface area contributed by atoms with Gasteiger partial charge >= 0.3 is 0 Å². The molecule has 11 heteroatoms. The van der Waals surface area contributed by atoms with E-state index in [0.29, 0.717) is 46.3 Å². The summed E-state index contributed by atoms with van der Waals surface area (Å²) in [4.78, 5) is 40.8. The topological polar surface area (TPSA) is 81.7 Å². The molecular formula is C27H38Cl2N6O2S. The minimum atomic E-state index is -0.0759. The zero-order chi connectivity index (χ0) is 27.7. The van der Waals surface area contributed by atoms with E-state index < -0.39 is 0 Å². The van der Waals surface area contributed by atoms with Gasteiger partial charge in [0.2, 0.25) is 5.91 Å². The van der Waals surface area contributed by atoms with Crippen LogP contribution in [0.1, 0.15) is 50.9 Å². The van der Waals surface area contributed by atoms with E-state index in [9.17, 15) is 9.59 Å². The van der Waals surface area contributed by atoms with E-state index in [1.54, 1.807) is 18.2 Å². The summed E-state index contributed by atoms with van der Waals surface area (Å²) >= 11 is 13.8. The smallest absolute Gasteiger partial charge is 0.255 e. The molecule has 8 nitrogen and oxygen atoms in total. The molecule has 2 amide bonds. The number of rotatable bonds is 12. The third-order valence-corrected chi connectivity index (χ3v) is 8.09. The van der Waals surface area contributed by atoms with Crippen molar-refractivity contribution in [2.75, 3.05) is 49.9 Å². The maximum atomic E-state index is 13.1. The quantitative estimate of drug-likeness (QED) is 0.218. The molecule has 0 bridgehead atoms. The van der Waals surface area contributed by atoms with Gasteiger partial charge in [0.15, 0.2) is 5.16 Å². The molecule has 0 aliphatic carbocycles. The Labute approximate surface area is 240 Å². The van der Waals surface area contributed by atoms with Gasteiger partial charge in [0.05, 0.1) is 16.3 Å². The van der Waals surface area contributed by atoms with Crippen LogP contribution in [0.4, 0.5) is 5.82 Å². The summed E-state index contributed by atoms with van der Waals surface area (Å²) in [7, 11) is 0. The number of carbonyl (C=O) groups excluding carboxylic acids is 2. The molecule has 2 atom stereocenters. The van der Waals surface area contributed by atoms with Crippen LogP contribution in [0.25, 0.3) is 0 Å². The van der Waals surface area contributed by atoms with Crippen LogP contribution in [-0.2, 0) is 4.79 Å². The highest BCUT2D eigenvalue weighted by atomic mass is 35.5. The van der Waals surface area contributed by atoms with Crippen LogP contribution in [0.15, 0.2) is 35.5 Å². The number of piperazine rings is 1. The monoisotopic (exact) mass is 580 g/mol. The average molecular weight is 582 g/mol. The van der Waals surface area contributed by atoms with Gasteiger partial charge in [0, 0.05) is 37.8 Å². The molecule has 2 aromatic rings. The molecule has 3 rings (SSSR count). The normalized spacial score (nSPS) is 16.6. The molecule has 0 saturated carbocycles. The van der Waals surface area contributed by atoms with Gasteiger partial charge in [0.1, 0.15) is 11.0 Å². The van der Waals surface area contributed by atoms with E-state index in [1.165, 1.54) is 11.8 Å². The molecule has 1 aliphatic heterocycles. The fourth-order valence-corrected chi connectivity index (χ4v) is 5.66. The second kappa shape index (κ2) is 14.9. The highest BCUT2D eigenvalue weighted by Crippen LogP contribution is 2.25. The standard InChI is InChI=1S/C27H38Cl2N6O2S/c1-5-33(6-2)13-9-10-19(3)30-25(36)18-38-27-31-23(29)16-24(32-27)34-14-15-35(20(4)17-34)26(37)21-11-7-8-12-22(21)28/h7-8,11-12,16,19-20H,5-6,9-10,13-15,17-18H2,1-4H3,(H,30,36). The molecule has 1 aromatic carbocycles. The van der Waals surface area contributed by atoms with Gasteiger partial charge in [-0.2, -0.15) is 0 Å². The minimum Gasteiger partial charge on any atom is -0.353 e.